The van der Waals surface area contributed by atoms with E-state index in [1.54, 1.807) is 6.92 Å². The predicted molar refractivity (Wildman–Crippen MR) is 66.6 cm³/mol. The van der Waals surface area contributed by atoms with Crippen LogP contribution >= 0.6 is 0 Å². The summed E-state index contributed by atoms with van der Waals surface area (Å²) in [6, 6.07) is 7.78. The van der Waals surface area contributed by atoms with Gasteiger partial charge in [0.2, 0.25) is 5.91 Å². The fourth-order valence-electron chi connectivity index (χ4n) is 2.19. The van der Waals surface area contributed by atoms with Gasteiger partial charge in [0.25, 0.3) is 0 Å². The molecule has 1 amide bonds. The number of aliphatic hydroxyl groups is 1. The molecule has 1 aromatic carbocycles. The van der Waals surface area contributed by atoms with Crippen molar-refractivity contribution in [3.8, 4) is 0 Å². The highest BCUT2D eigenvalue weighted by atomic mass is 16.3. The molecule has 92 valence electrons. The smallest absolute Gasteiger partial charge is 0.222 e. The Bertz CT molecular complexity index is 400. The van der Waals surface area contributed by atoms with Crippen LogP contribution < -0.4 is 10.6 Å². The van der Waals surface area contributed by atoms with Gasteiger partial charge in [-0.2, -0.15) is 0 Å². The van der Waals surface area contributed by atoms with Crippen LogP contribution in [0.2, 0.25) is 0 Å². The second-order valence-electron chi connectivity index (χ2n) is 4.60. The Morgan fingerprint density at radius 2 is 2.12 bits per heavy atom. The first-order valence-corrected chi connectivity index (χ1v) is 5.90. The summed E-state index contributed by atoms with van der Waals surface area (Å²) < 4.78 is 0. The quantitative estimate of drug-likeness (QED) is 0.821. The van der Waals surface area contributed by atoms with Gasteiger partial charge in [-0.3, -0.25) is 4.79 Å². The molecule has 1 saturated heterocycles. The molecule has 0 saturated carbocycles. The molecule has 0 aliphatic carbocycles. The van der Waals surface area contributed by atoms with Crippen LogP contribution in [-0.2, 0) is 4.79 Å². The maximum Gasteiger partial charge on any atom is 0.222 e. The molecule has 1 fully saturated rings. The highest BCUT2D eigenvalue weighted by Crippen LogP contribution is 2.25. The zero-order valence-corrected chi connectivity index (χ0v) is 9.97. The third-order valence-corrected chi connectivity index (χ3v) is 3.33. The summed E-state index contributed by atoms with van der Waals surface area (Å²) in [4.78, 5) is 13.2. The topological polar surface area (TPSA) is 66.6 Å². The number of hydrogen-bond donors (Lipinski definition) is 2. The lowest BCUT2D eigenvalue weighted by molar-refractivity contribution is -0.121. The maximum absolute atomic E-state index is 11.1. The highest BCUT2D eigenvalue weighted by molar-refractivity contribution is 5.78. The molecule has 1 aromatic rings. The van der Waals surface area contributed by atoms with E-state index >= 15 is 0 Å². The molecule has 4 heteroatoms. The molecule has 4 nitrogen and oxygen atoms in total. The van der Waals surface area contributed by atoms with Gasteiger partial charge in [-0.1, -0.05) is 12.1 Å². The second kappa shape index (κ2) is 4.75. The van der Waals surface area contributed by atoms with E-state index in [1.807, 2.05) is 24.3 Å². The molecular weight excluding hydrogens is 216 g/mol. The van der Waals surface area contributed by atoms with E-state index in [1.165, 1.54) is 0 Å². The Labute approximate surface area is 101 Å². The number of nitrogens with zero attached hydrogens (tertiary/aromatic N) is 1. The van der Waals surface area contributed by atoms with Crippen molar-refractivity contribution in [3.63, 3.8) is 0 Å². The minimum Gasteiger partial charge on any atom is -0.389 e. The molecule has 0 bridgehead atoms. The summed E-state index contributed by atoms with van der Waals surface area (Å²) in [5.74, 6) is -0.250. The van der Waals surface area contributed by atoms with Crippen LogP contribution in [0.1, 0.15) is 25.0 Å². The molecule has 0 radical (unpaired) electrons. The Kier molecular flexibility index (Phi) is 3.33. The second-order valence-corrected chi connectivity index (χ2v) is 4.60. The minimum atomic E-state index is -0.444. The Hall–Kier alpha value is -1.55. The lowest BCUT2D eigenvalue weighted by Gasteiger charge is -2.18. The van der Waals surface area contributed by atoms with Crippen LogP contribution in [0.4, 0.5) is 5.69 Å². The lowest BCUT2D eigenvalue weighted by Crippen LogP contribution is -2.27. The number of aliphatic hydroxyl groups excluding tert-OH is 1. The van der Waals surface area contributed by atoms with Crippen LogP contribution in [0.3, 0.4) is 0 Å². The Morgan fingerprint density at radius 3 is 2.59 bits per heavy atom. The minimum absolute atomic E-state index is 0.0357. The molecular formula is C13H18N2O2. The van der Waals surface area contributed by atoms with Gasteiger partial charge < -0.3 is 15.7 Å². The number of nitrogens with two attached hydrogens (primary N) is 1. The van der Waals surface area contributed by atoms with Gasteiger partial charge in [-0.25, -0.2) is 0 Å². The Morgan fingerprint density at radius 1 is 1.47 bits per heavy atom. The lowest BCUT2D eigenvalue weighted by atomic mass is 10.1. The van der Waals surface area contributed by atoms with Crippen molar-refractivity contribution in [1.29, 1.82) is 0 Å². The van der Waals surface area contributed by atoms with E-state index in [4.69, 9.17) is 5.73 Å². The van der Waals surface area contributed by atoms with E-state index < -0.39 is 6.10 Å². The Balaban J connectivity index is 2.06. The third kappa shape index (κ3) is 2.58. The molecule has 1 heterocycles. The molecule has 0 aromatic heterocycles. The fraction of sp³-hybridized carbons (Fsp3) is 0.462. The normalized spacial score (nSPS) is 21.5. The summed E-state index contributed by atoms with van der Waals surface area (Å²) in [7, 11) is 0. The number of anilines is 1. The van der Waals surface area contributed by atoms with E-state index in [0.29, 0.717) is 6.54 Å². The van der Waals surface area contributed by atoms with Crippen molar-refractivity contribution in [2.45, 2.75) is 19.4 Å². The van der Waals surface area contributed by atoms with Crippen LogP contribution in [0.5, 0.6) is 0 Å². The van der Waals surface area contributed by atoms with Crippen LogP contribution in [0, 0.1) is 5.92 Å². The molecule has 1 aliphatic rings. The summed E-state index contributed by atoms with van der Waals surface area (Å²) in [5, 5.41) is 9.42. The largest absolute Gasteiger partial charge is 0.389 e. The van der Waals surface area contributed by atoms with Crippen molar-refractivity contribution in [2.75, 3.05) is 18.0 Å². The van der Waals surface area contributed by atoms with E-state index in [0.717, 1.165) is 24.2 Å². The summed E-state index contributed by atoms with van der Waals surface area (Å²) in [5.41, 5.74) is 7.29. The fourth-order valence-corrected chi connectivity index (χ4v) is 2.19. The van der Waals surface area contributed by atoms with Gasteiger partial charge in [-0.05, 0) is 31.0 Å². The average Bonchev–Trinajstić information content (AvgIpc) is 2.78. The number of benzene rings is 1. The van der Waals surface area contributed by atoms with Crippen molar-refractivity contribution >= 4 is 11.6 Å². The highest BCUT2D eigenvalue weighted by Gasteiger charge is 2.26. The average molecular weight is 234 g/mol. The van der Waals surface area contributed by atoms with E-state index in [2.05, 4.69) is 4.90 Å². The first-order valence-electron chi connectivity index (χ1n) is 5.90. The number of rotatable bonds is 3. The number of carbonyl (C=O) groups is 1. The SMILES string of the molecule is CC(O)c1ccc(N2CCC(C(N)=O)C2)cc1. The maximum atomic E-state index is 11.1. The molecule has 2 unspecified atom stereocenters. The zero-order valence-electron chi connectivity index (χ0n) is 9.97. The van der Waals surface area contributed by atoms with Gasteiger partial charge in [0.05, 0.1) is 12.0 Å². The van der Waals surface area contributed by atoms with E-state index in [9.17, 15) is 9.90 Å². The van der Waals surface area contributed by atoms with Crippen molar-refractivity contribution in [3.05, 3.63) is 29.8 Å². The summed E-state index contributed by atoms with van der Waals surface area (Å²) in [6.07, 6.45) is 0.383. The van der Waals surface area contributed by atoms with E-state index in [-0.39, 0.29) is 11.8 Å². The number of amides is 1. The van der Waals surface area contributed by atoms with Crippen LogP contribution in [-0.4, -0.2) is 24.1 Å². The predicted octanol–water partition coefficient (Wildman–Crippen LogP) is 1.05. The summed E-state index contributed by atoms with van der Waals surface area (Å²) >= 11 is 0. The van der Waals surface area contributed by atoms with Crippen LogP contribution in [0.25, 0.3) is 0 Å². The zero-order chi connectivity index (χ0) is 12.4. The molecule has 17 heavy (non-hydrogen) atoms. The summed E-state index contributed by atoms with van der Waals surface area (Å²) in [6.45, 7) is 3.30. The van der Waals surface area contributed by atoms with Gasteiger partial charge in [0.15, 0.2) is 0 Å². The first kappa shape index (κ1) is 11.9. The van der Waals surface area contributed by atoms with Crippen molar-refractivity contribution < 1.29 is 9.90 Å². The number of carbonyl (C=O) groups excluding carboxylic acids is 1. The van der Waals surface area contributed by atoms with Crippen molar-refractivity contribution in [2.24, 2.45) is 11.7 Å². The number of hydrogen-bond acceptors (Lipinski definition) is 3. The van der Waals surface area contributed by atoms with Crippen LogP contribution in [0.15, 0.2) is 24.3 Å². The van der Waals surface area contributed by atoms with Gasteiger partial charge in [0.1, 0.15) is 0 Å². The molecule has 3 N–H and O–H groups in total. The molecule has 1 aliphatic heterocycles. The van der Waals surface area contributed by atoms with Gasteiger partial charge in [0, 0.05) is 18.8 Å². The molecule has 0 spiro atoms. The third-order valence-electron chi connectivity index (χ3n) is 3.33. The monoisotopic (exact) mass is 234 g/mol. The van der Waals surface area contributed by atoms with Gasteiger partial charge >= 0.3 is 0 Å². The van der Waals surface area contributed by atoms with Crippen molar-refractivity contribution in [1.82, 2.24) is 0 Å². The van der Waals surface area contributed by atoms with Gasteiger partial charge in [-0.15, -0.1) is 0 Å². The number of primary amides is 1. The molecule has 2 rings (SSSR count). The molecule has 2 atom stereocenters. The standard InChI is InChI=1S/C13H18N2O2/c1-9(16)10-2-4-12(5-3-10)15-7-6-11(8-15)13(14)17/h2-5,9,11,16H,6-8H2,1H3,(H2,14,17). The first-order chi connectivity index (χ1) is 8.08.